The Kier molecular flexibility index (Phi) is 7.00. The van der Waals surface area contributed by atoms with Gasteiger partial charge in [0, 0.05) is 6.54 Å². The summed E-state index contributed by atoms with van der Waals surface area (Å²) in [4.78, 5) is 20.2. The maximum Gasteiger partial charge on any atom is 0.271 e. The van der Waals surface area contributed by atoms with Crippen LogP contribution in [0.25, 0.3) is 0 Å². The molecule has 0 aliphatic carbocycles. The third-order valence-corrected chi connectivity index (χ3v) is 3.29. The normalized spacial score (nSPS) is 10.4. The van der Waals surface area contributed by atoms with Gasteiger partial charge in [-0.2, -0.15) is 0 Å². The first-order chi connectivity index (χ1) is 12.1. The van der Waals surface area contributed by atoms with Gasteiger partial charge in [-0.05, 0) is 30.2 Å². The van der Waals surface area contributed by atoms with Crippen LogP contribution >= 0.6 is 0 Å². The number of hydrogen-bond donors (Lipinski definition) is 2. The molecule has 0 atom stereocenters. The van der Waals surface area contributed by atoms with E-state index in [0.29, 0.717) is 37.1 Å². The average Bonchev–Trinajstić information content (AvgIpc) is 2.64. The summed E-state index contributed by atoms with van der Waals surface area (Å²) in [5, 5.41) is 5.90. The molecule has 7 heteroatoms. The molecule has 1 aromatic heterocycles. The SMILES string of the molecule is COc1ccc(OCCNc2cnc(C(=O)NCC(C)C)cn2)cc1. The lowest BCUT2D eigenvalue weighted by Crippen LogP contribution is -2.28. The van der Waals surface area contributed by atoms with Crippen molar-refractivity contribution in [2.75, 3.05) is 32.1 Å². The van der Waals surface area contributed by atoms with Crippen LogP contribution in [0.15, 0.2) is 36.7 Å². The number of anilines is 1. The average molecular weight is 344 g/mol. The topological polar surface area (TPSA) is 85.4 Å². The van der Waals surface area contributed by atoms with E-state index in [0.717, 1.165) is 11.5 Å². The number of ether oxygens (including phenoxy) is 2. The summed E-state index contributed by atoms with van der Waals surface area (Å²) in [6.45, 7) is 5.73. The maximum absolute atomic E-state index is 11.9. The highest BCUT2D eigenvalue weighted by Crippen LogP contribution is 2.16. The Bertz CT molecular complexity index is 657. The smallest absolute Gasteiger partial charge is 0.271 e. The van der Waals surface area contributed by atoms with Crippen LogP contribution < -0.4 is 20.1 Å². The zero-order chi connectivity index (χ0) is 18.1. The minimum absolute atomic E-state index is 0.212. The molecule has 0 spiro atoms. The van der Waals surface area contributed by atoms with E-state index in [4.69, 9.17) is 9.47 Å². The van der Waals surface area contributed by atoms with Crippen LogP contribution in [0.5, 0.6) is 11.5 Å². The van der Waals surface area contributed by atoms with Crippen molar-refractivity contribution in [3.8, 4) is 11.5 Å². The molecule has 1 heterocycles. The Hall–Kier alpha value is -2.83. The molecule has 0 aliphatic rings. The molecule has 25 heavy (non-hydrogen) atoms. The van der Waals surface area contributed by atoms with Gasteiger partial charge in [-0.15, -0.1) is 0 Å². The lowest BCUT2D eigenvalue weighted by molar-refractivity contribution is 0.0943. The Morgan fingerprint density at radius 1 is 1.12 bits per heavy atom. The van der Waals surface area contributed by atoms with Crippen LogP contribution in [-0.2, 0) is 0 Å². The Morgan fingerprint density at radius 3 is 2.44 bits per heavy atom. The monoisotopic (exact) mass is 344 g/mol. The molecule has 134 valence electrons. The van der Waals surface area contributed by atoms with Crippen LogP contribution in [0.3, 0.4) is 0 Å². The highest BCUT2D eigenvalue weighted by atomic mass is 16.5. The highest BCUT2D eigenvalue weighted by molar-refractivity contribution is 5.91. The molecule has 0 saturated heterocycles. The molecular formula is C18H24N4O3. The maximum atomic E-state index is 11.9. The van der Waals surface area contributed by atoms with Gasteiger partial charge in [-0.3, -0.25) is 4.79 Å². The van der Waals surface area contributed by atoms with Gasteiger partial charge in [-0.25, -0.2) is 9.97 Å². The number of carbonyl (C=O) groups is 1. The fourth-order valence-electron chi connectivity index (χ4n) is 1.94. The first-order valence-corrected chi connectivity index (χ1v) is 8.19. The summed E-state index contributed by atoms with van der Waals surface area (Å²) in [6, 6.07) is 7.39. The van der Waals surface area contributed by atoms with Gasteiger partial charge in [0.1, 0.15) is 29.6 Å². The van der Waals surface area contributed by atoms with Crippen molar-refractivity contribution in [2.45, 2.75) is 13.8 Å². The predicted molar refractivity (Wildman–Crippen MR) is 96.2 cm³/mol. The molecular weight excluding hydrogens is 320 g/mol. The minimum atomic E-state index is -0.212. The van der Waals surface area contributed by atoms with Crippen LogP contribution in [0.2, 0.25) is 0 Å². The van der Waals surface area contributed by atoms with E-state index in [2.05, 4.69) is 20.6 Å². The van der Waals surface area contributed by atoms with Crippen molar-refractivity contribution in [1.29, 1.82) is 0 Å². The van der Waals surface area contributed by atoms with Crippen LogP contribution in [0.1, 0.15) is 24.3 Å². The second-order valence-corrected chi connectivity index (χ2v) is 5.84. The van der Waals surface area contributed by atoms with E-state index in [1.165, 1.54) is 12.4 Å². The van der Waals surface area contributed by atoms with Crippen molar-refractivity contribution in [1.82, 2.24) is 15.3 Å². The first-order valence-electron chi connectivity index (χ1n) is 8.19. The summed E-state index contributed by atoms with van der Waals surface area (Å²) in [6.07, 6.45) is 3.00. The van der Waals surface area contributed by atoms with E-state index < -0.39 is 0 Å². The number of methoxy groups -OCH3 is 1. The molecule has 7 nitrogen and oxygen atoms in total. The molecule has 2 N–H and O–H groups in total. The first kappa shape index (κ1) is 18.5. The quantitative estimate of drug-likeness (QED) is 0.679. The molecule has 0 unspecified atom stereocenters. The fourth-order valence-corrected chi connectivity index (χ4v) is 1.94. The highest BCUT2D eigenvalue weighted by Gasteiger charge is 2.08. The second kappa shape index (κ2) is 9.46. The number of nitrogens with one attached hydrogen (secondary N) is 2. The predicted octanol–water partition coefficient (Wildman–Crippen LogP) is 2.36. The number of aromatic nitrogens is 2. The van der Waals surface area contributed by atoms with Gasteiger partial charge in [0.2, 0.25) is 0 Å². The van der Waals surface area contributed by atoms with Gasteiger partial charge in [0.05, 0.1) is 26.0 Å². The zero-order valence-electron chi connectivity index (χ0n) is 14.8. The Labute approximate surface area is 147 Å². The summed E-state index contributed by atoms with van der Waals surface area (Å²) < 4.78 is 10.7. The number of amides is 1. The fraction of sp³-hybridized carbons (Fsp3) is 0.389. The third-order valence-electron chi connectivity index (χ3n) is 3.29. The third kappa shape index (κ3) is 6.29. The lowest BCUT2D eigenvalue weighted by atomic mass is 10.2. The van der Waals surface area contributed by atoms with Crippen molar-refractivity contribution < 1.29 is 14.3 Å². The van der Waals surface area contributed by atoms with Crippen LogP contribution in [-0.4, -0.2) is 42.7 Å². The molecule has 1 aromatic carbocycles. The summed E-state index contributed by atoms with van der Waals surface area (Å²) in [5.74, 6) is 2.34. The van der Waals surface area contributed by atoms with Gasteiger partial charge in [0.25, 0.3) is 5.91 Å². The summed E-state index contributed by atoms with van der Waals surface area (Å²) in [5.41, 5.74) is 0.306. The molecule has 0 radical (unpaired) electrons. The standard InChI is InChI=1S/C18H24N4O3/c1-13(2)10-22-18(23)16-11-21-17(12-20-16)19-8-9-25-15-6-4-14(24-3)5-7-15/h4-7,11-13H,8-10H2,1-3H3,(H,19,21)(H,22,23). The Balaban J connectivity index is 1.72. The molecule has 0 saturated carbocycles. The van der Waals surface area contributed by atoms with E-state index >= 15 is 0 Å². The van der Waals surface area contributed by atoms with Crippen LogP contribution in [0, 0.1) is 5.92 Å². The molecule has 0 bridgehead atoms. The van der Waals surface area contributed by atoms with E-state index in [1.54, 1.807) is 7.11 Å². The van der Waals surface area contributed by atoms with Crippen molar-refractivity contribution in [3.63, 3.8) is 0 Å². The number of benzene rings is 1. The van der Waals surface area contributed by atoms with Gasteiger partial charge in [0.15, 0.2) is 0 Å². The molecule has 1 amide bonds. The number of hydrogen-bond acceptors (Lipinski definition) is 6. The molecule has 0 fully saturated rings. The van der Waals surface area contributed by atoms with E-state index in [1.807, 2.05) is 38.1 Å². The van der Waals surface area contributed by atoms with Gasteiger partial charge >= 0.3 is 0 Å². The summed E-state index contributed by atoms with van der Waals surface area (Å²) in [7, 11) is 1.63. The zero-order valence-corrected chi connectivity index (χ0v) is 14.8. The van der Waals surface area contributed by atoms with Crippen molar-refractivity contribution in [3.05, 3.63) is 42.4 Å². The molecule has 2 aromatic rings. The van der Waals surface area contributed by atoms with E-state index in [-0.39, 0.29) is 5.91 Å². The Morgan fingerprint density at radius 2 is 1.84 bits per heavy atom. The number of nitrogens with zero attached hydrogens (tertiary/aromatic N) is 2. The van der Waals surface area contributed by atoms with Crippen molar-refractivity contribution in [2.24, 2.45) is 5.92 Å². The molecule has 0 aliphatic heterocycles. The number of rotatable bonds is 9. The van der Waals surface area contributed by atoms with Crippen LogP contribution in [0.4, 0.5) is 5.82 Å². The van der Waals surface area contributed by atoms with Gasteiger partial charge < -0.3 is 20.1 Å². The summed E-state index contributed by atoms with van der Waals surface area (Å²) >= 11 is 0. The second-order valence-electron chi connectivity index (χ2n) is 5.84. The van der Waals surface area contributed by atoms with Crippen molar-refractivity contribution >= 4 is 11.7 Å². The number of carbonyl (C=O) groups excluding carboxylic acids is 1. The van der Waals surface area contributed by atoms with E-state index in [9.17, 15) is 4.79 Å². The molecule has 2 rings (SSSR count). The van der Waals surface area contributed by atoms with Gasteiger partial charge in [-0.1, -0.05) is 13.8 Å². The minimum Gasteiger partial charge on any atom is -0.497 e. The largest absolute Gasteiger partial charge is 0.497 e. The lowest BCUT2D eigenvalue weighted by Gasteiger charge is -2.09.